The van der Waals surface area contributed by atoms with E-state index in [2.05, 4.69) is 23.3 Å². The molecule has 0 aliphatic carbocycles. The zero-order chi connectivity index (χ0) is 9.68. The summed E-state index contributed by atoms with van der Waals surface area (Å²) in [5.74, 6) is 0.924. The van der Waals surface area contributed by atoms with Crippen molar-refractivity contribution in [2.45, 2.75) is 19.8 Å². The van der Waals surface area contributed by atoms with E-state index in [1.807, 2.05) is 13.1 Å². The topological polar surface area (TPSA) is 45.2 Å². The summed E-state index contributed by atoms with van der Waals surface area (Å²) in [7, 11) is 1.87. The smallest absolute Gasteiger partial charge is 0.129 e. The largest absolute Gasteiger partial charge is 0.396 e. The number of aryl methyl sites for hydroxylation is 1. The molecule has 1 rings (SSSR count). The number of hydrogen-bond donors (Lipinski definition) is 2. The number of nitrogens with one attached hydrogen (secondary N) is 1. The molecule has 1 aromatic rings. The lowest BCUT2D eigenvalue weighted by Gasteiger charge is -2.07. The molecule has 13 heavy (non-hydrogen) atoms. The Labute approximate surface area is 78.8 Å². The molecule has 0 saturated heterocycles. The minimum atomic E-state index is 0.154. The quantitative estimate of drug-likeness (QED) is 0.732. The molecular formula is C10H16N2O. The summed E-state index contributed by atoms with van der Waals surface area (Å²) in [4.78, 5) is 4.38. The lowest BCUT2D eigenvalue weighted by atomic mass is 10.1. The molecule has 3 nitrogen and oxygen atoms in total. The molecule has 0 amide bonds. The Morgan fingerprint density at radius 1 is 1.46 bits per heavy atom. The van der Waals surface area contributed by atoms with Crippen LogP contribution in [0.5, 0.6) is 0 Å². The van der Waals surface area contributed by atoms with E-state index in [0.29, 0.717) is 6.42 Å². The summed E-state index contributed by atoms with van der Waals surface area (Å²) in [6.07, 6.45) is 1.60. The number of rotatable bonds is 4. The molecule has 2 N–H and O–H groups in total. The fraction of sp³-hybridized carbons (Fsp3) is 0.500. The Balaban J connectivity index is 2.91. The monoisotopic (exact) mass is 180 g/mol. The van der Waals surface area contributed by atoms with Crippen LogP contribution in [0.15, 0.2) is 12.1 Å². The molecule has 0 fully saturated rings. The molecule has 0 unspecified atom stereocenters. The molecule has 0 aliphatic rings. The third-order valence-corrected chi connectivity index (χ3v) is 2.02. The van der Waals surface area contributed by atoms with Gasteiger partial charge in [0, 0.05) is 25.8 Å². The average Bonchev–Trinajstić information content (AvgIpc) is 2.18. The van der Waals surface area contributed by atoms with Crippen LogP contribution in [-0.4, -0.2) is 23.7 Å². The standard InChI is InChI=1S/C10H16N2O/c1-3-8-4-5-9(6-7-13)12-10(8)11-2/h4-5,13H,3,6-7H2,1-2H3,(H,11,12). The van der Waals surface area contributed by atoms with Crippen LogP contribution in [0.25, 0.3) is 0 Å². The van der Waals surface area contributed by atoms with Crippen molar-refractivity contribution in [1.82, 2.24) is 4.98 Å². The van der Waals surface area contributed by atoms with Crippen LogP contribution < -0.4 is 5.32 Å². The summed E-state index contributed by atoms with van der Waals surface area (Å²) in [6.45, 7) is 2.26. The van der Waals surface area contributed by atoms with Crippen LogP contribution in [-0.2, 0) is 12.8 Å². The van der Waals surface area contributed by atoms with Gasteiger partial charge < -0.3 is 10.4 Å². The van der Waals surface area contributed by atoms with E-state index in [0.717, 1.165) is 17.9 Å². The molecule has 0 radical (unpaired) electrons. The lowest BCUT2D eigenvalue weighted by Crippen LogP contribution is -2.02. The molecule has 0 aliphatic heterocycles. The van der Waals surface area contributed by atoms with E-state index in [4.69, 9.17) is 5.11 Å². The van der Waals surface area contributed by atoms with Gasteiger partial charge in [0.15, 0.2) is 0 Å². The molecule has 0 aromatic carbocycles. The minimum Gasteiger partial charge on any atom is -0.396 e. The first-order valence-electron chi connectivity index (χ1n) is 4.59. The number of hydrogen-bond acceptors (Lipinski definition) is 3. The van der Waals surface area contributed by atoms with Gasteiger partial charge in [-0.2, -0.15) is 0 Å². The van der Waals surface area contributed by atoms with Crippen LogP contribution in [0.2, 0.25) is 0 Å². The predicted octanol–water partition coefficient (Wildman–Crippen LogP) is 1.22. The van der Waals surface area contributed by atoms with Gasteiger partial charge in [0.05, 0.1) is 0 Å². The Bertz CT molecular complexity index is 274. The second-order valence-corrected chi connectivity index (χ2v) is 2.89. The van der Waals surface area contributed by atoms with E-state index in [9.17, 15) is 0 Å². The highest BCUT2D eigenvalue weighted by molar-refractivity contribution is 5.44. The maximum absolute atomic E-state index is 8.75. The molecule has 3 heteroatoms. The second-order valence-electron chi connectivity index (χ2n) is 2.89. The second kappa shape index (κ2) is 4.82. The van der Waals surface area contributed by atoms with Gasteiger partial charge >= 0.3 is 0 Å². The van der Waals surface area contributed by atoms with E-state index >= 15 is 0 Å². The normalized spacial score (nSPS) is 10.1. The van der Waals surface area contributed by atoms with Crippen molar-refractivity contribution >= 4 is 5.82 Å². The molecular weight excluding hydrogens is 164 g/mol. The van der Waals surface area contributed by atoms with Crippen LogP contribution in [0.3, 0.4) is 0 Å². The Morgan fingerprint density at radius 2 is 2.23 bits per heavy atom. The minimum absolute atomic E-state index is 0.154. The molecule has 0 spiro atoms. The van der Waals surface area contributed by atoms with Gasteiger partial charge in [-0.15, -0.1) is 0 Å². The zero-order valence-electron chi connectivity index (χ0n) is 8.17. The van der Waals surface area contributed by atoms with Gasteiger partial charge in [-0.3, -0.25) is 0 Å². The SMILES string of the molecule is CCc1ccc(CCO)nc1NC. The Hall–Kier alpha value is -1.09. The van der Waals surface area contributed by atoms with Crippen molar-refractivity contribution in [3.63, 3.8) is 0 Å². The first kappa shape index (κ1) is 9.99. The van der Waals surface area contributed by atoms with E-state index in [-0.39, 0.29) is 6.61 Å². The van der Waals surface area contributed by atoms with Gasteiger partial charge in [-0.05, 0) is 18.1 Å². The molecule has 1 heterocycles. The predicted molar refractivity (Wildman–Crippen MR) is 54.0 cm³/mol. The summed E-state index contributed by atoms with van der Waals surface area (Å²) in [5.41, 5.74) is 2.15. The van der Waals surface area contributed by atoms with Gasteiger partial charge in [0.1, 0.15) is 5.82 Å². The van der Waals surface area contributed by atoms with Crippen LogP contribution in [0.4, 0.5) is 5.82 Å². The van der Waals surface area contributed by atoms with Gasteiger partial charge in [0.2, 0.25) is 0 Å². The molecule has 72 valence electrons. The van der Waals surface area contributed by atoms with Crippen LogP contribution in [0, 0.1) is 0 Å². The van der Waals surface area contributed by atoms with Crippen molar-refractivity contribution < 1.29 is 5.11 Å². The van der Waals surface area contributed by atoms with Crippen molar-refractivity contribution in [2.75, 3.05) is 19.0 Å². The number of nitrogens with zero attached hydrogens (tertiary/aromatic N) is 1. The summed E-state index contributed by atoms with van der Waals surface area (Å²) < 4.78 is 0. The number of aliphatic hydroxyl groups is 1. The Morgan fingerprint density at radius 3 is 2.77 bits per heavy atom. The molecule has 0 saturated carbocycles. The number of aromatic nitrogens is 1. The number of pyridine rings is 1. The van der Waals surface area contributed by atoms with Crippen molar-refractivity contribution in [2.24, 2.45) is 0 Å². The summed E-state index contributed by atoms with van der Waals surface area (Å²) in [6, 6.07) is 4.03. The van der Waals surface area contributed by atoms with E-state index in [1.54, 1.807) is 0 Å². The number of anilines is 1. The van der Waals surface area contributed by atoms with Gasteiger partial charge in [-0.1, -0.05) is 13.0 Å². The van der Waals surface area contributed by atoms with Gasteiger partial charge in [0.25, 0.3) is 0 Å². The van der Waals surface area contributed by atoms with Crippen LogP contribution >= 0.6 is 0 Å². The van der Waals surface area contributed by atoms with Gasteiger partial charge in [-0.25, -0.2) is 4.98 Å². The van der Waals surface area contributed by atoms with Crippen molar-refractivity contribution in [1.29, 1.82) is 0 Å². The highest BCUT2D eigenvalue weighted by Gasteiger charge is 2.01. The van der Waals surface area contributed by atoms with E-state index in [1.165, 1.54) is 5.56 Å². The summed E-state index contributed by atoms with van der Waals surface area (Å²) in [5, 5.41) is 11.8. The summed E-state index contributed by atoms with van der Waals surface area (Å²) >= 11 is 0. The maximum atomic E-state index is 8.75. The van der Waals surface area contributed by atoms with E-state index < -0.39 is 0 Å². The highest BCUT2D eigenvalue weighted by Crippen LogP contribution is 2.13. The first-order chi connectivity index (χ1) is 6.31. The average molecular weight is 180 g/mol. The fourth-order valence-electron chi connectivity index (χ4n) is 1.28. The molecule has 0 atom stereocenters. The fourth-order valence-corrected chi connectivity index (χ4v) is 1.28. The highest BCUT2D eigenvalue weighted by atomic mass is 16.3. The third kappa shape index (κ3) is 2.42. The Kier molecular flexibility index (Phi) is 3.71. The zero-order valence-corrected chi connectivity index (χ0v) is 8.17. The molecule has 0 bridgehead atoms. The lowest BCUT2D eigenvalue weighted by molar-refractivity contribution is 0.298. The first-order valence-corrected chi connectivity index (χ1v) is 4.59. The van der Waals surface area contributed by atoms with Crippen LogP contribution in [0.1, 0.15) is 18.2 Å². The molecule has 1 aromatic heterocycles. The third-order valence-electron chi connectivity index (χ3n) is 2.02. The number of aliphatic hydroxyl groups excluding tert-OH is 1. The maximum Gasteiger partial charge on any atom is 0.129 e. The van der Waals surface area contributed by atoms with Crippen molar-refractivity contribution in [3.8, 4) is 0 Å². The van der Waals surface area contributed by atoms with Crippen molar-refractivity contribution in [3.05, 3.63) is 23.4 Å².